The van der Waals surface area contributed by atoms with Crippen molar-refractivity contribution in [1.82, 2.24) is 9.88 Å². The largest absolute Gasteiger partial charge is 0.494 e. The van der Waals surface area contributed by atoms with E-state index < -0.39 is 0 Å². The van der Waals surface area contributed by atoms with Gasteiger partial charge in [-0.1, -0.05) is 20.8 Å². The molecular weight excluding hydrogens is 466 g/mol. The van der Waals surface area contributed by atoms with Gasteiger partial charge in [0.1, 0.15) is 11.6 Å². The first-order valence-electron chi connectivity index (χ1n) is 12.8. The predicted octanol–water partition coefficient (Wildman–Crippen LogP) is 4.44. The number of hydrogen-bond donors (Lipinski definition) is 2. The first kappa shape index (κ1) is 26.4. The number of nitrogen functional groups attached to an aromatic ring is 1. The third kappa shape index (κ3) is 4.97. The molecule has 1 aliphatic rings. The lowest BCUT2D eigenvalue weighted by Crippen LogP contribution is -2.23. The van der Waals surface area contributed by atoms with E-state index in [1.807, 2.05) is 43.4 Å². The molecule has 8 heteroatoms. The Bertz CT molecular complexity index is 1340. The SMILES string of the molecule is CNC(=O)c1cc2c(N)n(CC(=O)c3cc(N4CCCC4)c(OC)c(C(C)(C)C)c3)cc2cc1N(C)C. The van der Waals surface area contributed by atoms with E-state index in [9.17, 15) is 9.59 Å². The number of rotatable bonds is 7. The molecule has 0 saturated carbocycles. The maximum atomic E-state index is 13.7. The number of methoxy groups -OCH3 is 1. The number of benzene rings is 2. The van der Waals surface area contributed by atoms with E-state index in [0.29, 0.717) is 16.9 Å². The third-order valence-corrected chi connectivity index (χ3v) is 7.17. The van der Waals surface area contributed by atoms with Crippen LogP contribution in [0.15, 0.2) is 30.5 Å². The molecule has 1 saturated heterocycles. The molecule has 0 radical (unpaired) electrons. The Morgan fingerprint density at radius 3 is 2.35 bits per heavy atom. The monoisotopic (exact) mass is 505 g/mol. The van der Waals surface area contributed by atoms with Gasteiger partial charge in [0.2, 0.25) is 0 Å². The van der Waals surface area contributed by atoms with Crippen molar-refractivity contribution in [2.24, 2.45) is 0 Å². The van der Waals surface area contributed by atoms with Gasteiger partial charge in [-0.2, -0.15) is 0 Å². The van der Waals surface area contributed by atoms with Crippen LogP contribution in [0.2, 0.25) is 0 Å². The number of aromatic nitrogens is 1. The summed E-state index contributed by atoms with van der Waals surface area (Å²) >= 11 is 0. The van der Waals surface area contributed by atoms with Crippen LogP contribution >= 0.6 is 0 Å². The van der Waals surface area contributed by atoms with Crippen LogP contribution in [0.3, 0.4) is 0 Å². The lowest BCUT2D eigenvalue weighted by atomic mass is 9.84. The van der Waals surface area contributed by atoms with Gasteiger partial charge < -0.3 is 30.2 Å². The molecule has 3 N–H and O–H groups in total. The van der Waals surface area contributed by atoms with Crippen LogP contribution in [0.4, 0.5) is 17.2 Å². The number of amides is 1. The Kier molecular flexibility index (Phi) is 7.13. The Hall–Kier alpha value is -3.68. The van der Waals surface area contributed by atoms with Gasteiger partial charge in [-0.25, -0.2) is 0 Å². The van der Waals surface area contributed by atoms with Crippen molar-refractivity contribution in [2.75, 3.05) is 56.9 Å². The van der Waals surface area contributed by atoms with Gasteiger partial charge >= 0.3 is 0 Å². The second-order valence-electron chi connectivity index (χ2n) is 11.0. The summed E-state index contributed by atoms with van der Waals surface area (Å²) in [7, 11) is 7.10. The number of ketones is 1. The molecule has 1 aromatic heterocycles. The van der Waals surface area contributed by atoms with E-state index in [1.54, 1.807) is 24.8 Å². The van der Waals surface area contributed by atoms with Crippen molar-refractivity contribution < 1.29 is 14.3 Å². The van der Waals surface area contributed by atoms with Crippen molar-refractivity contribution >= 4 is 39.7 Å². The highest BCUT2D eigenvalue weighted by Gasteiger charge is 2.27. The Labute approximate surface area is 219 Å². The number of ether oxygens (including phenoxy) is 1. The molecule has 3 aromatic rings. The molecule has 1 amide bonds. The van der Waals surface area contributed by atoms with Crippen molar-refractivity contribution in [3.8, 4) is 5.75 Å². The first-order chi connectivity index (χ1) is 17.5. The van der Waals surface area contributed by atoms with Crippen LogP contribution < -0.4 is 25.6 Å². The molecule has 0 bridgehead atoms. The normalized spacial score (nSPS) is 13.8. The molecule has 4 rings (SSSR count). The van der Waals surface area contributed by atoms with Crippen molar-refractivity contribution in [3.63, 3.8) is 0 Å². The van der Waals surface area contributed by atoms with Gasteiger partial charge in [0.25, 0.3) is 5.91 Å². The van der Waals surface area contributed by atoms with Gasteiger partial charge in [0.05, 0.1) is 24.9 Å². The Morgan fingerprint density at radius 2 is 1.78 bits per heavy atom. The standard InChI is InChI=1S/C29H39N5O3/c1-29(2,3)22-12-18(13-24(26(22)37-7)33-10-8-9-11-33)25(35)17-34-16-19-14-23(32(5)6)21(28(36)31-4)15-20(19)27(34)30/h12-16H,8-11,17,30H2,1-7H3,(H,31,36). The number of nitrogens with two attached hydrogens (primary N) is 1. The molecule has 1 fully saturated rings. The lowest BCUT2D eigenvalue weighted by Gasteiger charge is -2.28. The summed E-state index contributed by atoms with van der Waals surface area (Å²) in [5, 5.41) is 4.32. The molecule has 37 heavy (non-hydrogen) atoms. The molecule has 0 spiro atoms. The second kappa shape index (κ2) is 10.00. The zero-order valence-corrected chi connectivity index (χ0v) is 23.1. The number of nitrogens with one attached hydrogen (secondary N) is 1. The zero-order valence-electron chi connectivity index (χ0n) is 23.1. The van der Waals surface area contributed by atoms with Crippen molar-refractivity contribution in [1.29, 1.82) is 0 Å². The van der Waals surface area contributed by atoms with E-state index in [4.69, 9.17) is 10.5 Å². The van der Waals surface area contributed by atoms with Crippen LogP contribution in [0.25, 0.3) is 10.8 Å². The molecule has 0 atom stereocenters. The number of nitrogens with zero attached hydrogens (tertiary/aromatic N) is 3. The quantitative estimate of drug-likeness (QED) is 0.461. The average Bonchev–Trinajstić information content (AvgIpc) is 3.49. The fourth-order valence-electron chi connectivity index (χ4n) is 5.13. The van der Waals surface area contributed by atoms with Crippen molar-refractivity contribution in [3.05, 3.63) is 47.2 Å². The maximum Gasteiger partial charge on any atom is 0.253 e. The molecule has 0 unspecified atom stereocenters. The highest BCUT2D eigenvalue weighted by molar-refractivity contribution is 6.07. The number of anilines is 3. The maximum absolute atomic E-state index is 13.7. The predicted molar refractivity (Wildman–Crippen MR) is 152 cm³/mol. The van der Waals surface area contributed by atoms with Gasteiger partial charge in [-0.15, -0.1) is 0 Å². The minimum Gasteiger partial charge on any atom is -0.494 e. The van der Waals surface area contributed by atoms with Crippen LogP contribution in [0.1, 0.15) is 59.9 Å². The van der Waals surface area contributed by atoms with Crippen LogP contribution in [-0.4, -0.2) is 57.6 Å². The topological polar surface area (TPSA) is 92.8 Å². The number of Topliss-reactive ketones (excluding diaryl/α,β-unsaturated/α-hetero) is 1. The summed E-state index contributed by atoms with van der Waals surface area (Å²) in [6.07, 6.45) is 4.15. The van der Waals surface area contributed by atoms with E-state index in [2.05, 4.69) is 31.0 Å². The summed E-state index contributed by atoms with van der Waals surface area (Å²) < 4.78 is 7.66. The summed E-state index contributed by atoms with van der Waals surface area (Å²) in [5.74, 6) is 1.09. The number of hydrogen-bond acceptors (Lipinski definition) is 6. The molecule has 8 nitrogen and oxygen atoms in total. The fourth-order valence-corrected chi connectivity index (χ4v) is 5.13. The van der Waals surface area contributed by atoms with E-state index >= 15 is 0 Å². The highest BCUT2D eigenvalue weighted by Crippen LogP contribution is 2.41. The van der Waals surface area contributed by atoms with Crippen LogP contribution in [0.5, 0.6) is 5.75 Å². The zero-order chi connectivity index (χ0) is 27.1. The average molecular weight is 506 g/mol. The molecule has 1 aliphatic heterocycles. The third-order valence-electron chi connectivity index (χ3n) is 7.17. The van der Waals surface area contributed by atoms with E-state index in [-0.39, 0.29) is 23.7 Å². The van der Waals surface area contributed by atoms with Gasteiger partial charge in [0, 0.05) is 68.0 Å². The number of fused-ring (bicyclic) bond motifs is 1. The summed E-state index contributed by atoms with van der Waals surface area (Å²) in [6, 6.07) is 7.67. The summed E-state index contributed by atoms with van der Waals surface area (Å²) in [6.45, 7) is 8.41. The second-order valence-corrected chi connectivity index (χ2v) is 11.0. The van der Waals surface area contributed by atoms with Crippen LogP contribution in [-0.2, 0) is 12.0 Å². The van der Waals surface area contributed by atoms with Crippen LogP contribution in [0, 0.1) is 0 Å². The number of carbonyl (C=O) groups is 2. The first-order valence-corrected chi connectivity index (χ1v) is 12.8. The lowest BCUT2D eigenvalue weighted by molar-refractivity contribution is 0.0959. The molecule has 198 valence electrons. The summed E-state index contributed by atoms with van der Waals surface area (Å²) in [5.41, 5.74) is 10.3. The molecule has 0 aliphatic carbocycles. The van der Waals surface area contributed by atoms with Gasteiger partial charge in [-0.05, 0) is 42.5 Å². The Balaban J connectivity index is 1.77. The Morgan fingerprint density at radius 1 is 1.11 bits per heavy atom. The van der Waals surface area contributed by atoms with Gasteiger partial charge in [0.15, 0.2) is 5.78 Å². The molecule has 2 aromatic carbocycles. The fraction of sp³-hybridized carbons (Fsp3) is 0.448. The smallest absolute Gasteiger partial charge is 0.253 e. The number of carbonyl (C=O) groups excluding carboxylic acids is 2. The van der Waals surface area contributed by atoms with E-state index in [1.165, 1.54) is 0 Å². The summed E-state index contributed by atoms with van der Waals surface area (Å²) in [4.78, 5) is 30.4. The molecular formula is C29H39N5O3. The minimum absolute atomic E-state index is 0.0278. The van der Waals surface area contributed by atoms with E-state index in [0.717, 1.165) is 59.4 Å². The minimum atomic E-state index is -0.198. The van der Waals surface area contributed by atoms with Crippen molar-refractivity contribution in [2.45, 2.75) is 45.6 Å². The molecule has 2 heterocycles. The van der Waals surface area contributed by atoms with Gasteiger partial charge in [-0.3, -0.25) is 9.59 Å². The highest BCUT2D eigenvalue weighted by atomic mass is 16.5.